The molecule has 2 aromatic heterocycles. The molecule has 35 heavy (non-hydrogen) atoms. The third-order valence-corrected chi connectivity index (χ3v) is 7.76. The number of furan rings is 1. The van der Waals surface area contributed by atoms with Gasteiger partial charge >= 0.3 is 0 Å². The highest BCUT2D eigenvalue weighted by Gasteiger charge is 2.36. The van der Waals surface area contributed by atoms with Crippen LogP contribution in [0.15, 0.2) is 71.3 Å². The number of aromatic nitrogens is 1. The monoisotopic (exact) mass is 460 g/mol. The number of benzene rings is 3. The zero-order valence-corrected chi connectivity index (χ0v) is 21.9. The Labute approximate surface area is 208 Å². The van der Waals surface area contributed by atoms with Crippen LogP contribution in [0.1, 0.15) is 56.9 Å². The largest absolute Gasteiger partial charge is 0.455 e. The van der Waals surface area contributed by atoms with Crippen LogP contribution in [0, 0.1) is 12.3 Å². The van der Waals surface area contributed by atoms with Gasteiger partial charge in [0.25, 0.3) is 0 Å². The van der Waals surface area contributed by atoms with Crippen LogP contribution in [-0.2, 0) is 18.9 Å². The molecule has 0 N–H and O–H groups in total. The lowest BCUT2D eigenvalue weighted by Crippen LogP contribution is -2.31. The fourth-order valence-electron chi connectivity index (χ4n) is 6.03. The maximum absolute atomic E-state index is 6.71. The van der Waals surface area contributed by atoms with E-state index in [1.165, 1.54) is 55.4 Å². The van der Waals surface area contributed by atoms with Crippen molar-refractivity contribution in [3.05, 3.63) is 89.1 Å². The number of aryl methyl sites for hydroxylation is 2. The minimum Gasteiger partial charge on any atom is -0.455 e. The van der Waals surface area contributed by atoms with E-state index in [2.05, 4.69) is 120 Å². The summed E-state index contributed by atoms with van der Waals surface area (Å²) in [5, 5.41) is 2.39. The third-order valence-electron chi connectivity index (χ3n) is 7.76. The molecule has 6 rings (SSSR count). The van der Waals surface area contributed by atoms with Gasteiger partial charge < -0.3 is 4.42 Å². The third kappa shape index (κ3) is 3.34. The molecule has 2 nitrogen and oxygen atoms in total. The van der Waals surface area contributed by atoms with Crippen LogP contribution in [0.2, 0.25) is 0 Å². The maximum Gasteiger partial charge on any atom is 0.216 e. The number of hydrogen-bond acceptors (Lipinski definition) is 1. The number of pyridine rings is 1. The first-order valence-corrected chi connectivity index (χ1v) is 12.6. The molecule has 1 aliphatic carbocycles. The van der Waals surface area contributed by atoms with Crippen molar-refractivity contribution < 1.29 is 8.98 Å². The molecule has 0 saturated heterocycles. The lowest BCUT2D eigenvalue weighted by Gasteiger charge is -2.21. The molecule has 5 aromatic rings. The molecule has 0 amide bonds. The van der Waals surface area contributed by atoms with Crippen molar-refractivity contribution in [2.75, 3.05) is 0 Å². The summed E-state index contributed by atoms with van der Waals surface area (Å²) in [5.74, 6) is 0. The van der Waals surface area contributed by atoms with Gasteiger partial charge in [-0.25, -0.2) is 4.57 Å². The molecule has 2 heteroatoms. The first-order chi connectivity index (χ1) is 16.5. The van der Waals surface area contributed by atoms with Crippen LogP contribution in [0.25, 0.3) is 44.3 Å². The van der Waals surface area contributed by atoms with E-state index in [1.807, 2.05) is 0 Å². The fraction of sp³-hybridized carbons (Fsp3) is 0.303. The second-order valence-corrected chi connectivity index (χ2v) is 12.1. The van der Waals surface area contributed by atoms with Crippen molar-refractivity contribution in [2.45, 2.75) is 53.4 Å². The SMILES string of the molecule is Cc1ccc2c(oc3cc4c(cc32)C(C)(C)c2ccccc2-4)c1-c1cc(CC(C)(C)C)cc[n+]1C. The molecule has 2 heterocycles. The average Bonchev–Trinajstić information content (AvgIpc) is 3.26. The first-order valence-electron chi connectivity index (χ1n) is 12.6. The van der Waals surface area contributed by atoms with Crippen LogP contribution in [0.3, 0.4) is 0 Å². The molecule has 1 aliphatic rings. The van der Waals surface area contributed by atoms with E-state index >= 15 is 0 Å². The van der Waals surface area contributed by atoms with E-state index in [1.54, 1.807) is 0 Å². The van der Waals surface area contributed by atoms with Gasteiger partial charge in [-0.1, -0.05) is 71.0 Å². The molecule has 0 unspecified atom stereocenters. The van der Waals surface area contributed by atoms with Crippen molar-refractivity contribution in [1.82, 2.24) is 0 Å². The van der Waals surface area contributed by atoms with Crippen LogP contribution in [-0.4, -0.2) is 0 Å². The van der Waals surface area contributed by atoms with Gasteiger partial charge in [-0.2, -0.15) is 0 Å². The Morgan fingerprint density at radius 1 is 0.857 bits per heavy atom. The second kappa shape index (κ2) is 7.31. The minimum absolute atomic E-state index is 0.0229. The molecule has 0 bridgehead atoms. The highest BCUT2D eigenvalue weighted by atomic mass is 16.3. The molecule has 0 spiro atoms. The quantitative estimate of drug-likeness (QED) is 0.242. The summed E-state index contributed by atoms with van der Waals surface area (Å²) in [5.41, 5.74) is 12.6. The van der Waals surface area contributed by atoms with E-state index < -0.39 is 0 Å². The second-order valence-electron chi connectivity index (χ2n) is 12.1. The van der Waals surface area contributed by atoms with Crippen molar-refractivity contribution in [1.29, 1.82) is 0 Å². The van der Waals surface area contributed by atoms with E-state index in [0.29, 0.717) is 0 Å². The molecule has 0 aliphatic heterocycles. The van der Waals surface area contributed by atoms with Gasteiger partial charge in [0.05, 0.1) is 5.56 Å². The number of fused-ring (bicyclic) bond motifs is 6. The Morgan fingerprint density at radius 3 is 2.40 bits per heavy atom. The zero-order valence-electron chi connectivity index (χ0n) is 21.9. The Balaban J connectivity index is 1.61. The number of rotatable bonds is 2. The Bertz CT molecular complexity index is 1640. The van der Waals surface area contributed by atoms with E-state index in [4.69, 9.17) is 4.42 Å². The summed E-state index contributed by atoms with van der Waals surface area (Å²) >= 11 is 0. The summed E-state index contributed by atoms with van der Waals surface area (Å²) in [6.45, 7) is 13.7. The maximum atomic E-state index is 6.71. The minimum atomic E-state index is -0.0229. The molecular weight excluding hydrogens is 426 g/mol. The van der Waals surface area contributed by atoms with Gasteiger partial charge in [0, 0.05) is 28.3 Å². The van der Waals surface area contributed by atoms with Gasteiger partial charge in [0.15, 0.2) is 6.20 Å². The molecule has 3 aromatic carbocycles. The molecule has 0 fully saturated rings. The summed E-state index contributed by atoms with van der Waals surface area (Å²) < 4.78 is 8.93. The summed E-state index contributed by atoms with van der Waals surface area (Å²) in [7, 11) is 2.13. The highest BCUT2D eigenvalue weighted by molar-refractivity contribution is 6.11. The summed E-state index contributed by atoms with van der Waals surface area (Å²) in [6.07, 6.45) is 3.22. The zero-order chi connectivity index (χ0) is 24.7. The van der Waals surface area contributed by atoms with E-state index in [-0.39, 0.29) is 10.8 Å². The molecule has 176 valence electrons. The van der Waals surface area contributed by atoms with Gasteiger partial charge in [0.2, 0.25) is 5.69 Å². The lowest BCUT2D eigenvalue weighted by molar-refractivity contribution is -0.660. The summed E-state index contributed by atoms with van der Waals surface area (Å²) in [6, 6.07) is 22.5. The van der Waals surface area contributed by atoms with Crippen molar-refractivity contribution in [3.8, 4) is 22.4 Å². The Morgan fingerprint density at radius 2 is 1.63 bits per heavy atom. The average molecular weight is 461 g/mol. The van der Waals surface area contributed by atoms with Crippen LogP contribution >= 0.6 is 0 Å². The first kappa shape index (κ1) is 22.1. The smallest absolute Gasteiger partial charge is 0.216 e. The normalized spacial score (nSPS) is 14.5. The van der Waals surface area contributed by atoms with Crippen LogP contribution in [0.5, 0.6) is 0 Å². The topological polar surface area (TPSA) is 17.0 Å². The fourth-order valence-corrected chi connectivity index (χ4v) is 6.03. The van der Waals surface area contributed by atoms with E-state index in [0.717, 1.165) is 17.6 Å². The Kier molecular flexibility index (Phi) is 4.61. The van der Waals surface area contributed by atoms with Gasteiger partial charge in [-0.15, -0.1) is 0 Å². The van der Waals surface area contributed by atoms with Crippen molar-refractivity contribution in [2.24, 2.45) is 12.5 Å². The number of nitrogens with zero attached hydrogens (tertiary/aromatic N) is 1. The Hall–Kier alpha value is -3.39. The lowest BCUT2D eigenvalue weighted by atomic mass is 9.82. The van der Waals surface area contributed by atoms with Gasteiger partial charge in [0.1, 0.15) is 18.2 Å². The van der Waals surface area contributed by atoms with Crippen LogP contribution < -0.4 is 4.57 Å². The van der Waals surface area contributed by atoms with Gasteiger partial charge in [-0.3, -0.25) is 0 Å². The van der Waals surface area contributed by atoms with Crippen molar-refractivity contribution >= 4 is 21.9 Å². The summed E-state index contributed by atoms with van der Waals surface area (Å²) in [4.78, 5) is 0. The molecule has 0 radical (unpaired) electrons. The van der Waals surface area contributed by atoms with Crippen molar-refractivity contribution in [3.63, 3.8) is 0 Å². The standard InChI is InChI=1S/C33H34NO/c1-20-12-13-23-25-17-27-24(22-10-8-9-11-26(22)33(27,5)6)18-29(25)35-31(23)30(20)28-16-21(14-15-34(28)7)19-32(2,3)4/h8-18H,19H2,1-7H3/q+1. The predicted molar refractivity (Wildman–Crippen MR) is 146 cm³/mol. The molecular formula is C33H34NO+. The molecule has 0 atom stereocenters. The van der Waals surface area contributed by atoms with Crippen LogP contribution in [0.4, 0.5) is 0 Å². The van der Waals surface area contributed by atoms with E-state index in [9.17, 15) is 0 Å². The highest BCUT2D eigenvalue weighted by Crippen LogP contribution is 2.51. The number of hydrogen-bond donors (Lipinski definition) is 0. The predicted octanol–water partition coefficient (Wildman–Crippen LogP) is 8.28. The molecule has 0 saturated carbocycles. The van der Waals surface area contributed by atoms with Gasteiger partial charge in [-0.05, 0) is 64.3 Å².